The molecule has 0 saturated heterocycles. The minimum Gasteiger partial charge on any atom is -0.478 e. The lowest BCUT2D eigenvalue weighted by molar-refractivity contribution is 0.0697. The van der Waals surface area contributed by atoms with E-state index in [0.717, 1.165) is 12.0 Å². The number of nitrogens with two attached hydrogens (primary N) is 1. The third-order valence-corrected chi connectivity index (χ3v) is 1.75. The maximum absolute atomic E-state index is 10.5. The van der Waals surface area contributed by atoms with Crippen molar-refractivity contribution in [3.63, 3.8) is 0 Å². The van der Waals surface area contributed by atoms with Crippen molar-refractivity contribution in [2.45, 2.75) is 6.42 Å². The van der Waals surface area contributed by atoms with Gasteiger partial charge in [0.2, 0.25) is 0 Å². The van der Waals surface area contributed by atoms with Gasteiger partial charge in [0.25, 0.3) is 0 Å². The van der Waals surface area contributed by atoms with Gasteiger partial charge in [0.15, 0.2) is 0 Å². The Morgan fingerprint density at radius 2 is 2.00 bits per heavy atom. The van der Waals surface area contributed by atoms with E-state index >= 15 is 0 Å². The predicted octanol–water partition coefficient (Wildman–Crippen LogP) is 1.09. The highest BCUT2D eigenvalue weighted by molar-refractivity contribution is 5.87. The van der Waals surface area contributed by atoms with Gasteiger partial charge in [-0.2, -0.15) is 0 Å². The van der Waals surface area contributed by atoms with Crippen LogP contribution in [0, 0.1) is 6.42 Å². The molecule has 0 aliphatic rings. The molecular weight excluding hydrogens is 166 g/mol. The molecule has 0 amide bonds. The molecule has 1 aromatic rings. The monoisotopic (exact) mass is 178 g/mol. The van der Waals surface area contributed by atoms with Gasteiger partial charge in [-0.1, -0.05) is 12.1 Å². The van der Waals surface area contributed by atoms with Gasteiger partial charge in [0.05, 0.1) is 5.56 Å². The first-order valence-corrected chi connectivity index (χ1v) is 4.08. The zero-order valence-corrected chi connectivity index (χ0v) is 7.23. The third kappa shape index (κ3) is 2.87. The molecule has 1 radical (unpaired) electrons. The Morgan fingerprint density at radius 1 is 1.38 bits per heavy atom. The SMILES string of the molecule is NC[CH]Cc1ccc(C(=O)O)cc1. The minimum atomic E-state index is -0.894. The molecule has 3 N–H and O–H groups in total. The summed E-state index contributed by atoms with van der Waals surface area (Å²) < 4.78 is 0. The summed E-state index contributed by atoms with van der Waals surface area (Å²) in [6.45, 7) is 0.542. The highest BCUT2D eigenvalue weighted by Gasteiger charge is 2.00. The zero-order valence-electron chi connectivity index (χ0n) is 7.23. The highest BCUT2D eigenvalue weighted by atomic mass is 16.4. The van der Waals surface area contributed by atoms with Crippen molar-refractivity contribution in [2.24, 2.45) is 5.73 Å². The summed E-state index contributed by atoms with van der Waals surface area (Å²) in [6, 6.07) is 6.80. The summed E-state index contributed by atoms with van der Waals surface area (Å²) in [6.07, 6.45) is 2.73. The van der Waals surface area contributed by atoms with Crippen LogP contribution in [0.3, 0.4) is 0 Å². The second kappa shape index (κ2) is 4.62. The summed E-state index contributed by atoms with van der Waals surface area (Å²) in [7, 11) is 0. The second-order valence-corrected chi connectivity index (χ2v) is 2.73. The van der Waals surface area contributed by atoms with Crippen LogP contribution < -0.4 is 5.73 Å². The number of carboxylic acid groups (broad SMARTS) is 1. The van der Waals surface area contributed by atoms with Crippen LogP contribution in [0.5, 0.6) is 0 Å². The van der Waals surface area contributed by atoms with Crippen LogP contribution in [0.25, 0.3) is 0 Å². The van der Waals surface area contributed by atoms with E-state index in [4.69, 9.17) is 10.8 Å². The fraction of sp³-hybridized carbons (Fsp3) is 0.200. The highest BCUT2D eigenvalue weighted by Crippen LogP contribution is 2.05. The van der Waals surface area contributed by atoms with E-state index in [9.17, 15) is 4.79 Å². The molecule has 1 rings (SSSR count). The first-order valence-electron chi connectivity index (χ1n) is 4.08. The topological polar surface area (TPSA) is 63.3 Å². The number of rotatable bonds is 4. The Bertz CT molecular complexity index is 279. The number of benzene rings is 1. The predicted molar refractivity (Wildman–Crippen MR) is 50.5 cm³/mol. The van der Waals surface area contributed by atoms with Gasteiger partial charge >= 0.3 is 5.97 Å². The van der Waals surface area contributed by atoms with Gasteiger partial charge < -0.3 is 10.8 Å². The van der Waals surface area contributed by atoms with Crippen molar-refractivity contribution < 1.29 is 9.90 Å². The summed E-state index contributed by atoms with van der Waals surface area (Å²) in [5.41, 5.74) is 6.70. The van der Waals surface area contributed by atoms with E-state index in [2.05, 4.69) is 0 Å². The number of hydrogen-bond acceptors (Lipinski definition) is 2. The van der Waals surface area contributed by atoms with Crippen molar-refractivity contribution in [3.05, 3.63) is 41.8 Å². The molecule has 0 heterocycles. The Morgan fingerprint density at radius 3 is 2.46 bits per heavy atom. The van der Waals surface area contributed by atoms with Gasteiger partial charge in [0, 0.05) is 0 Å². The van der Waals surface area contributed by atoms with Crippen molar-refractivity contribution in [2.75, 3.05) is 6.54 Å². The van der Waals surface area contributed by atoms with Crippen molar-refractivity contribution in [1.29, 1.82) is 0 Å². The van der Waals surface area contributed by atoms with Crippen LogP contribution >= 0.6 is 0 Å². The van der Waals surface area contributed by atoms with Crippen molar-refractivity contribution in [3.8, 4) is 0 Å². The van der Waals surface area contributed by atoms with Crippen LogP contribution in [0.15, 0.2) is 24.3 Å². The largest absolute Gasteiger partial charge is 0.478 e. The van der Waals surface area contributed by atoms with Crippen LogP contribution in [0.4, 0.5) is 0 Å². The summed E-state index contributed by atoms with van der Waals surface area (Å²) in [5, 5.41) is 8.62. The minimum absolute atomic E-state index is 0.316. The Kier molecular flexibility index (Phi) is 3.46. The molecule has 69 valence electrons. The fourth-order valence-corrected chi connectivity index (χ4v) is 1.03. The van der Waals surface area contributed by atoms with E-state index in [1.54, 1.807) is 24.3 Å². The number of carbonyl (C=O) groups is 1. The van der Waals surface area contributed by atoms with E-state index in [1.807, 2.05) is 6.42 Å². The molecule has 0 fully saturated rings. The Balaban J connectivity index is 2.64. The standard InChI is InChI=1S/C10H12NO2/c11-7-1-2-8-3-5-9(6-4-8)10(12)13/h1,3-6H,2,7,11H2,(H,12,13). The molecule has 0 spiro atoms. The van der Waals surface area contributed by atoms with E-state index in [-0.39, 0.29) is 0 Å². The first-order chi connectivity index (χ1) is 6.24. The molecule has 0 saturated carbocycles. The number of hydrogen-bond donors (Lipinski definition) is 2. The molecule has 0 atom stereocenters. The average Bonchev–Trinajstić information content (AvgIpc) is 2.15. The molecule has 13 heavy (non-hydrogen) atoms. The van der Waals surface area contributed by atoms with E-state index < -0.39 is 5.97 Å². The van der Waals surface area contributed by atoms with Gasteiger partial charge in [-0.15, -0.1) is 0 Å². The van der Waals surface area contributed by atoms with Crippen LogP contribution in [0.1, 0.15) is 15.9 Å². The molecule has 0 aliphatic heterocycles. The zero-order chi connectivity index (χ0) is 9.68. The fourth-order valence-electron chi connectivity index (χ4n) is 1.03. The maximum Gasteiger partial charge on any atom is 0.335 e. The van der Waals surface area contributed by atoms with Crippen molar-refractivity contribution >= 4 is 5.97 Å². The lowest BCUT2D eigenvalue weighted by atomic mass is 10.1. The Labute approximate surface area is 77.2 Å². The van der Waals surface area contributed by atoms with E-state index in [1.165, 1.54) is 0 Å². The van der Waals surface area contributed by atoms with Crippen LogP contribution in [-0.2, 0) is 6.42 Å². The van der Waals surface area contributed by atoms with Gasteiger partial charge in [-0.3, -0.25) is 0 Å². The van der Waals surface area contributed by atoms with Crippen molar-refractivity contribution in [1.82, 2.24) is 0 Å². The molecular formula is C10H12NO2. The van der Waals surface area contributed by atoms with Crippen LogP contribution in [-0.4, -0.2) is 17.6 Å². The van der Waals surface area contributed by atoms with E-state index in [0.29, 0.717) is 12.1 Å². The lowest BCUT2D eigenvalue weighted by Gasteiger charge is -1.99. The second-order valence-electron chi connectivity index (χ2n) is 2.73. The summed E-state index contributed by atoms with van der Waals surface area (Å²) >= 11 is 0. The number of aromatic carboxylic acids is 1. The Hall–Kier alpha value is -1.35. The quantitative estimate of drug-likeness (QED) is 0.725. The molecule has 1 aromatic carbocycles. The molecule has 0 aliphatic carbocycles. The number of carboxylic acids is 1. The smallest absolute Gasteiger partial charge is 0.335 e. The first kappa shape index (κ1) is 9.74. The molecule has 0 bridgehead atoms. The lowest BCUT2D eigenvalue weighted by Crippen LogP contribution is -2.02. The molecule has 3 nitrogen and oxygen atoms in total. The molecule has 0 unspecified atom stereocenters. The normalized spacial score (nSPS) is 9.92. The summed E-state index contributed by atoms with van der Waals surface area (Å²) in [5.74, 6) is -0.894. The maximum atomic E-state index is 10.5. The van der Waals surface area contributed by atoms with Crippen LogP contribution in [0.2, 0.25) is 0 Å². The van der Waals surface area contributed by atoms with Gasteiger partial charge in [-0.05, 0) is 37.1 Å². The summed E-state index contributed by atoms with van der Waals surface area (Å²) in [4.78, 5) is 10.5. The third-order valence-electron chi connectivity index (χ3n) is 1.75. The molecule has 0 aromatic heterocycles. The average molecular weight is 178 g/mol. The van der Waals surface area contributed by atoms with Gasteiger partial charge in [-0.25, -0.2) is 4.79 Å². The molecule has 3 heteroatoms. The van der Waals surface area contributed by atoms with Gasteiger partial charge in [0.1, 0.15) is 0 Å².